The topological polar surface area (TPSA) is 514 Å². The third kappa shape index (κ3) is 20.9. The largest absolute Gasteiger partial charge is 0.354 e. The summed E-state index contributed by atoms with van der Waals surface area (Å²) >= 11 is 0. The zero-order valence-corrected chi connectivity index (χ0v) is 87.3. The van der Waals surface area contributed by atoms with E-state index in [0.717, 1.165) is 213 Å². The van der Waals surface area contributed by atoms with Crippen LogP contribution < -0.4 is 71.1 Å². The second kappa shape index (κ2) is 43.8. The van der Waals surface area contributed by atoms with E-state index in [0.29, 0.717) is 119 Å². The molecule has 48 heteroatoms. The first-order chi connectivity index (χ1) is 72.7. The van der Waals surface area contributed by atoms with Gasteiger partial charge in [0.15, 0.2) is 0 Å². The fourth-order valence-electron chi connectivity index (χ4n) is 19.4. The Morgan fingerprint density at radius 1 is 0.313 bits per heavy atom. The van der Waals surface area contributed by atoms with Crippen LogP contribution in [-0.2, 0) is 45.4 Å². The minimum Gasteiger partial charge on any atom is -0.354 e. The average molecular weight is 2030 g/mol. The molecule has 776 valence electrons. The smallest absolute Gasteiger partial charge is 0.255 e. The SMILES string of the molecule is CC.CC.CC1=C(C(=O)Nc2ccc3[nH]nc(-c4ccnc(N5CCN(C)C(C)C5)c4)c3c2)Cn2nnnc2N1C.CC1=C(C(=O)Nc2ccc3[nH]nc(-c4ccnc(N5CCN(C)[C@@H](C)C5)c4)c3c2)Cn2nnnc2N1C.CC1=C(C(=O)Nc2ccc3[nH]nc(-c4ccnc(N5CCNC(C)C5)c4)c3c2)Cn2nnnc2N1C.CC1=C(C(=O)Nc2ccc3[nH]nc(-c4ccnc(N5CCN[C@@H](C)C5)c4)c3c2)Cn2nnnc2N1C. The highest BCUT2D eigenvalue weighted by molar-refractivity contribution is 6.10. The molecule has 24 rings (SSSR count). The fourth-order valence-corrected chi connectivity index (χ4v) is 19.4. The van der Waals surface area contributed by atoms with Crippen molar-refractivity contribution in [1.82, 2.24) is 162 Å². The second-order valence-corrected chi connectivity index (χ2v) is 37.9. The van der Waals surface area contributed by atoms with Crippen LogP contribution in [-0.4, -0.2) is 320 Å². The van der Waals surface area contributed by atoms with Crippen LogP contribution in [0.1, 0.15) is 83.1 Å². The third-order valence-corrected chi connectivity index (χ3v) is 28.7. The van der Waals surface area contributed by atoms with Crippen molar-refractivity contribution in [2.24, 2.45) is 0 Å². The van der Waals surface area contributed by atoms with E-state index in [1.165, 1.54) is 0 Å². The molecule has 4 saturated heterocycles. The van der Waals surface area contributed by atoms with Crippen LogP contribution in [0, 0.1) is 0 Å². The van der Waals surface area contributed by atoms with Gasteiger partial charge in [-0.25, -0.2) is 38.7 Å². The third-order valence-electron chi connectivity index (χ3n) is 28.7. The number of aromatic nitrogens is 28. The number of nitrogens with zero attached hydrogens (tertiary/aromatic N) is 34. The molecule has 4 fully saturated rings. The number of tetrazole rings is 4. The fraction of sp³-hybridized carbons (Fsp3) is 0.373. The van der Waals surface area contributed by atoms with Gasteiger partial charge in [0.05, 0.1) is 70.5 Å². The van der Waals surface area contributed by atoms with Crippen LogP contribution in [0.3, 0.4) is 0 Å². The number of hydrogen-bond donors (Lipinski definition) is 10. The number of rotatable bonds is 16. The molecule has 8 aliphatic heterocycles. The Kier molecular flexibility index (Phi) is 29.6. The number of allylic oxidation sites excluding steroid dienone is 4. The molecule has 0 saturated carbocycles. The number of amides is 4. The highest BCUT2D eigenvalue weighted by Gasteiger charge is 2.35. The van der Waals surface area contributed by atoms with Gasteiger partial charge in [0.2, 0.25) is 23.8 Å². The van der Waals surface area contributed by atoms with Crippen molar-refractivity contribution in [2.75, 3.05) is 181 Å². The van der Waals surface area contributed by atoms with Crippen molar-refractivity contribution in [3.63, 3.8) is 0 Å². The van der Waals surface area contributed by atoms with E-state index in [-0.39, 0.29) is 23.6 Å². The van der Waals surface area contributed by atoms with E-state index < -0.39 is 0 Å². The van der Waals surface area contributed by atoms with Gasteiger partial charge in [0, 0.05) is 245 Å². The molecular formula is C102H124N44O4. The molecule has 48 nitrogen and oxygen atoms in total. The van der Waals surface area contributed by atoms with Gasteiger partial charge in [-0.1, -0.05) is 48.1 Å². The van der Waals surface area contributed by atoms with Crippen molar-refractivity contribution < 1.29 is 19.2 Å². The lowest BCUT2D eigenvalue weighted by Gasteiger charge is -2.38. The molecule has 0 bridgehead atoms. The molecule has 0 spiro atoms. The number of anilines is 12. The quantitative estimate of drug-likeness (QED) is 0.0430. The number of aromatic amines is 4. The number of nitrogens with one attached hydrogen (secondary N) is 10. The monoisotopic (exact) mass is 2030 g/mol. The number of piperazine rings is 4. The maximum absolute atomic E-state index is 13.2. The van der Waals surface area contributed by atoms with Gasteiger partial charge in [0.1, 0.15) is 46.0 Å². The van der Waals surface area contributed by atoms with Crippen molar-refractivity contribution in [2.45, 2.75) is 133 Å². The minimum atomic E-state index is -0.191. The Balaban J connectivity index is 0.000000124. The van der Waals surface area contributed by atoms with Gasteiger partial charge in [-0.15, -0.1) is 0 Å². The number of benzene rings is 4. The summed E-state index contributed by atoms with van der Waals surface area (Å²) < 4.78 is 6.45. The van der Waals surface area contributed by atoms with Crippen molar-refractivity contribution in [3.05, 3.63) is 191 Å². The highest BCUT2D eigenvalue weighted by Crippen LogP contribution is 2.39. The summed E-state index contributed by atoms with van der Waals surface area (Å²) in [6, 6.07) is 41.0. The summed E-state index contributed by atoms with van der Waals surface area (Å²) in [7, 11) is 11.7. The molecular weight excluding hydrogens is 1910 g/mol. The van der Waals surface area contributed by atoms with Gasteiger partial charge < -0.3 is 80.9 Å². The molecule has 4 aromatic carbocycles. The van der Waals surface area contributed by atoms with Crippen molar-refractivity contribution in [1.29, 1.82) is 0 Å². The van der Waals surface area contributed by atoms with E-state index in [2.05, 4.69) is 250 Å². The molecule has 8 aliphatic rings. The van der Waals surface area contributed by atoms with Crippen LogP contribution >= 0.6 is 0 Å². The molecule has 20 heterocycles. The van der Waals surface area contributed by atoms with E-state index in [1.807, 2.05) is 225 Å². The van der Waals surface area contributed by atoms with Crippen molar-refractivity contribution in [3.8, 4) is 45.0 Å². The van der Waals surface area contributed by atoms with Gasteiger partial charge in [-0.3, -0.25) is 39.6 Å². The lowest BCUT2D eigenvalue weighted by molar-refractivity contribution is -0.114. The molecule has 10 N–H and O–H groups in total. The number of H-pyrrole nitrogens is 4. The zero-order valence-electron chi connectivity index (χ0n) is 87.3. The van der Waals surface area contributed by atoms with Crippen LogP contribution in [0.4, 0.5) is 69.8 Å². The van der Waals surface area contributed by atoms with Gasteiger partial charge >= 0.3 is 0 Å². The maximum Gasteiger partial charge on any atom is 0.255 e. The number of carbonyl (C=O) groups is 4. The number of likely N-dealkylation sites (N-methyl/N-ethyl adjacent to an activating group) is 2. The Morgan fingerprint density at radius 3 is 0.800 bits per heavy atom. The summed E-state index contributed by atoms with van der Waals surface area (Å²) in [6.45, 7) is 36.9. The van der Waals surface area contributed by atoms with Gasteiger partial charge in [-0.05, 0) is 233 Å². The molecule has 4 amide bonds. The standard InChI is InChI=1S/2C25H29N11O.2C24H27N11O.2C2H6/c2*1-15-13-35(10-9-33(15)3)22-11-17(7-8-26-22)23-19-12-18(5-6-21(19)28-29-23)27-24(37)20-14-36-25(30-31-32-36)34(4)16(20)2;2*1-14-12-34(9-8-25-14)21-10-16(6-7-26-21)22-18-11-17(4-5-20(18)28-29-22)27-23(36)19-13-35-24(30-31-32-35)33(3)15(19)2;2*1-2/h2*5-8,11-12,15H,9-10,13-14H2,1-4H3,(H,27,37)(H,28,29);2*4-7,10-11,14,25H,8-9,12-13H2,1-3H3,(H,27,36)(H,28,29);2*1-2H3/t15-;;14-;;;/m0.0.../s1. The zero-order chi connectivity index (χ0) is 105. The molecule has 12 aromatic heterocycles. The Labute approximate surface area is 864 Å². The molecule has 4 atom stereocenters. The minimum absolute atomic E-state index is 0.190. The van der Waals surface area contributed by atoms with Crippen LogP contribution in [0.15, 0.2) is 191 Å². The van der Waals surface area contributed by atoms with Crippen LogP contribution in [0.2, 0.25) is 0 Å². The summed E-state index contributed by atoms with van der Waals surface area (Å²) in [4.78, 5) is 92.6. The summed E-state index contributed by atoms with van der Waals surface area (Å²) in [5, 5.41) is 100. The van der Waals surface area contributed by atoms with Gasteiger partial charge in [0.25, 0.3) is 23.6 Å². The van der Waals surface area contributed by atoms with E-state index in [9.17, 15) is 19.2 Å². The normalized spacial score (nSPS) is 17.8. The summed E-state index contributed by atoms with van der Waals surface area (Å²) in [5.74, 6) is 5.46. The number of fused-ring (bicyclic) bond motifs is 8. The molecule has 2 unspecified atom stereocenters. The Bertz CT molecular complexity index is 7370. The lowest BCUT2D eigenvalue weighted by Crippen LogP contribution is -2.50. The summed E-state index contributed by atoms with van der Waals surface area (Å²) in [5.41, 5.74) is 19.2. The van der Waals surface area contributed by atoms with Crippen molar-refractivity contribution >= 4 is 137 Å². The molecule has 0 radical (unpaired) electrons. The Morgan fingerprint density at radius 2 is 0.560 bits per heavy atom. The molecule has 16 aromatic rings. The maximum atomic E-state index is 13.2. The first kappa shape index (κ1) is 101. The number of carbonyl (C=O) groups excluding carboxylic acids is 4. The summed E-state index contributed by atoms with van der Waals surface area (Å²) in [6.07, 6.45) is 7.32. The van der Waals surface area contributed by atoms with E-state index in [4.69, 9.17) is 0 Å². The molecule has 0 aliphatic carbocycles. The lowest BCUT2D eigenvalue weighted by atomic mass is 10.1. The predicted molar refractivity (Wildman–Crippen MR) is 578 cm³/mol. The number of pyridine rings is 4. The van der Waals surface area contributed by atoms with E-state index >= 15 is 0 Å². The molecule has 150 heavy (non-hydrogen) atoms. The van der Waals surface area contributed by atoms with E-state index in [1.54, 1.807) is 18.7 Å². The Hall–Kier alpha value is -17.3. The highest BCUT2D eigenvalue weighted by atomic mass is 16.2. The van der Waals surface area contributed by atoms with Gasteiger partial charge in [-0.2, -0.15) is 20.4 Å². The predicted octanol–water partition coefficient (Wildman–Crippen LogP) is 9.82. The van der Waals surface area contributed by atoms with Crippen LogP contribution in [0.5, 0.6) is 0 Å². The second-order valence-electron chi connectivity index (χ2n) is 37.9. The van der Waals surface area contributed by atoms with Crippen LogP contribution in [0.25, 0.3) is 88.6 Å². The number of hydrogen-bond acceptors (Lipinski definition) is 36. The first-order valence-corrected chi connectivity index (χ1v) is 50.4. The average Bonchev–Trinajstić information content (AvgIpc) is 1.62. The first-order valence-electron chi connectivity index (χ1n) is 50.4.